The zero-order valence-electron chi connectivity index (χ0n) is 22.0. The van der Waals surface area contributed by atoms with Crippen LogP contribution in [0.1, 0.15) is 69.1 Å². The molecule has 0 radical (unpaired) electrons. The minimum absolute atomic E-state index is 0.0596. The van der Waals surface area contributed by atoms with Gasteiger partial charge in [-0.15, -0.1) is 0 Å². The van der Waals surface area contributed by atoms with Crippen LogP contribution in [-0.2, 0) is 19.6 Å². The number of amidine groups is 1. The molecule has 1 saturated carbocycles. The van der Waals surface area contributed by atoms with E-state index >= 15 is 0 Å². The zero-order chi connectivity index (χ0) is 26.3. The lowest BCUT2D eigenvalue weighted by atomic mass is 9.82. The summed E-state index contributed by atoms with van der Waals surface area (Å²) in [5.74, 6) is 1.71. The van der Waals surface area contributed by atoms with Crippen molar-refractivity contribution in [3.63, 3.8) is 0 Å². The lowest BCUT2D eigenvalue weighted by molar-refractivity contribution is -0.125. The van der Waals surface area contributed by atoms with Crippen molar-refractivity contribution in [2.24, 2.45) is 16.8 Å². The molecule has 2 amide bonds. The molecule has 196 valence electrons. The molecule has 0 unspecified atom stereocenters. The minimum atomic E-state index is -3.64. The summed E-state index contributed by atoms with van der Waals surface area (Å²) in [6, 6.07) is 3.76. The highest BCUT2D eigenvalue weighted by molar-refractivity contribution is 7.92. The van der Waals surface area contributed by atoms with Crippen LogP contribution in [0.4, 0.5) is 5.69 Å². The number of aliphatic imine (C=N–C) groups is 1. The van der Waals surface area contributed by atoms with E-state index in [2.05, 4.69) is 12.2 Å². The topological polar surface area (TPSA) is 99.2 Å². The maximum absolute atomic E-state index is 13.1. The summed E-state index contributed by atoms with van der Waals surface area (Å²) in [5, 5.41) is 4.27. The molecule has 4 rings (SSSR count). The summed E-state index contributed by atoms with van der Waals surface area (Å²) in [4.78, 5) is 31.1. The van der Waals surface area contributed by atoms with Gasteiger partial charge in [-0.3, -0.25) is 14.6 Å². The first-order valence-electron chi connectivity index (χ1n) is 12.9. The number of benzene rings is 1. The van der Waals surface area contributed by atoms with Gasteiger partial charge in [-0.05, 0) is 80.3 Å². The molecule has 1 saturated heterocycles. The van der Waals surface area contributed by atoms with Crippen LogP contribution in [0.2, 0.25) is 0 Å². The van der Waals surface area contributed by atoms with Gasteiger partial charge >= 0.3 is 0 Å². The molecule has 9 heteroatoms. The monoisotopic (exact) mass is 514 g/mol. The van der Waals surface area contributed by atoms with Gasteiger partial charge < -0.3 is 10.2 Å². The summed E-state index contributed by atoms with van der Waals surface area (Å²) >= 11 is 0. The Labute approximate surface area is 214 Å². The molecule has 1 aromatic carbocycles. The standard InChI is InChI=1S/C27H38N4O4S/c1-18-6-8-23(9-7-18)25-28-26(33)27(29-25)11-13-31(14-12-27)36(34,35)15-10-22-16-19(2)24(20(3)17-22)30(5)21(4)32/h10,15-18,23H,6-9,11-14H2,1-5H3,(H,28,29,33)/b15-10+. The van der Waals surface area contributed by atoms with Crippen LogP contribution in [0.15, 0.2) is 22.5 Å². The highest BCUT2D eigenvalue weighted by Gasteiger charge is 2.48. The number of amides is 2. The van der Waals surface area contributed by atoms with E-state index in [9.17, 15) is 18.0 Å². The molecule has 0 atom stereocenters. The number of piperidine rings is 1. The smallest absolute Gasteiger partial charge is 0.253 e. The average Bonchev–Trinajstić information content (AvgIpc) is 3.13. The van der Waals surface area contributed by atoms with Gasteiger partial charge in [-0.1, -0.05) is 19.8 Å². The molecule has 0 bridgehead atoms. The molecular formula is C27H38N4O4S. The van der Waals surface area contributed by atoms with Crippen LogP contribution in [0.25, 0.3) is 6.08 Å². The third kappa shape index (κ3) is 5.27. The van der Waals surface area contributed by atoms with Gasteiger partial charge in [-0.25, -0.2) is 8.42 Å². The molecule has 1 spiro atoms. The van der Waals surface area contributed by atoms with E-state index in [1.165, 1.54) is 16.6 Å². The number of aryl methyl sites for hydroxylation is 2. The number of hydrogen-bond donors (Lipinski definition) is 1. The van der Waals surface area contributed by atoms with E-state index in [0.717, 1.165) is 59.8 Å². The van der Waals surface area contributed by atoms with Crippen molar-refractivity contribution in [1.82, 2.24) is 9.62 Å². The molecule has 1 aliphatic carbocycles. The molecule has 0 aromatic heterocycles. The van der Waals surface area contributed by atoms with Crippen LogP contribution in [0.3, 0.4) is 0 Å². The van der Waals surface area contributed by atoms with Gasteiger partial charge in [0, 0.05) is 44.1 Å². The molecule has 1 N–H and O–H groups in total. The predicted octanol–water partition coefficient (Wildman–Crippen LogP) is 3.78. The Morgan fingerprint density at radius 3 is 2.28 bits per heavy atom. The quantitative estimate of drug-likeness (QED) is 0.646. The minimum Gasteiger partial charge on any atom is -0.315 e. The summed E-state index contributed by atoms with van der Waals surface area (Å²) < 4.78 is 27.6. The van der Waals surface area contributed by atoms with Crippen LogP contribution in [0.5, 0.6) is 0 Å². The maximum Gasteiger partial charge on any atom is 0.253 e. The number of hydrogen-bond acceptors (Lipinski definition) is 5. The Morgan fingerprint density at radius 1 is 1.14 bits per heavy atom. The summed E-state index contributed by atoms with van der Waals surface area (Å²) in [6.45, 7) is 8.12. The number of sulfonamides is 1. The third-order valence-corrected chi connectivity index (χ3v) is 9.63. The molecule has 2 aliphatic heterocycles. The number of anilines is 1. The molecule has 2 heterocycles. The first-order chi connectivity index (χ1) is 16.9. The average molecular weight is 515 g/mol. The van der Waals surface area contributed by atoms with Gasteiger partial charge in [0.25, 0.3) is 5.91 Å². The lowest BCUT2D eigenvalue weighted by Crippen LogP contribution is -2.50. The van der Waals surface area contributed by atoms with E-state index in [0.29, 0.717) is 18.8 Å². The summed E-state index contributed by atoms with van der Waals surface area (Å²) in [5.41, 5.74) is 2.56. The fourth-order valence-electron chi connectivity index (χ4n) is 5.74. The molecule has 36 heavy (non-hydrogen) atoms. The van der Waals surface area contributed by atoms with Crippen molar-refractivity contribution in [1.29, 1.82) is 0 Å². The zero-order valence-corrected chi connectivity index (χ0v) is 22.8. The fourth-order valence-corrected chi connectivity index (χ4v) is 6.93. The summed E-state index contributed by atoms with van der Waals surface area (Å²) in [7, 11) is -1.91. The van der Waals surface area contributed by atoms with E-state index in [-0.39, 0.29) is 24.9 Å². The van der Waals surface area contributed by atoms with Gasteiger partial charge in [0.1, 0.15) is 11.4 Å². The molecule has 3 aliphatic rings. The lowest BCUT2D eigenvalue weighted by Gasteiger charge is -2.34. The number of carbonyl (C=O) groups is 2. The van der Waals surface area contributed by atoms with Crippen molar-refractivity contribution in [2.75, 3.05) is 25.0 Å². The SMILES string of the molecule is CC(=O)N(C)c1c(C)cc(/C=C/S(=O)(=O)N2CCC3(CC2)N=C(C2CCC(C)CC2)NC3=O)cc1C. The van der Waals surface area contributed by atoms with Gasteiger partial charge in [0.05, 0.1) is 0 Å². The normalized spacial score (nSPS) is 24.7. The Hall–Kier alpha value is -2.52. The number of nitrogens with zero attached hydrogens (tertiary/aromatic N) is 3. The predicted molar refractivity (Wildman–Crippen MR) is 143 cm³/mol. The molecular weight excluding hydrogens is 476 g/mol. The summed E-state index contributed by atoms with van der Waals surface area (Å²) in [6.07, 6.45) is 6.78. The Kier molecular flexibility index (Phi) is 7.44. The second kappa shape index (κ2) is 10.1. The van der Waals surface area contributed by atoms with Crippen molar-refractivity contribution in [2.45, 2.75) is 71.8 Å². The van der Waals surface area contributed by atoms with E-state index in [1.807, 2.05) is 26.0 Å². The number of nitrogens with one attached hydrogen (secondary N) is 1. The highest BCUT2D eigenvalue weighted by Crippen LogP contribution is 2.36. The second-order valence-corrected chi connectivity index (χ2v) is 12.6. The van der Waals surface area contributed by atoms with Crippen molar-refractivity contribution < 1.29 is 18.0 Å². The van der Waals surface area contributed by atoms with E-state index in [1.54, 1.807) is 18.0 Å². The van der Waals surface area contributed by atoms with Crippen LogP contribution in [-0.4, -0.2) is 56.0 Å². The first-order valence-corrected chi connectivity index (χ1v) is 14.4. The van der Waals surface area contributed by atoms with Crippen LogP contribution in [0, 0.1) is 25.7 Å². The van der Waals surface area contributed by atoms with E-state index in [4.69, 9.17) is 4.99 Å². The van der Waals surface area contributed by atoms with Crippen molar-refractivity contribution in [3.05, 3.63) is 34.2 Å². The Balaban J connectivity index is 1.43. The Morgan fingerprint density at radius 2 is 1.72 bits per heavy atom. The number of rotatable bonds is 5. The van der Waals surface area contributed by atoms with Crippen molar-refractivity contribution >= 4 is 39.4 Å². The van der Waals surface area contributed by atoms with Gasteiger partial charge in [0.15, 0.2) is 0 Å². The fraction of sp³-hybridized carbons (Fsp3) is 0.593. The molecule has 1 aromatic rings. The highest BCUT2D eigenvalue weighted by atomic mass is 32.2. The van der Waals surface area contributed by atoms with Crippen LogP contribution >= 0.6 is 0 Å². The van der Waals surface area contributed by atoms with Crippen LogP contribution < -0.4 is 10.2 Å². The van der Waals surface area contributed by atoms with Gasteiger partial charge in [0.2, 0.25) is 15.9 Å². The largest absolute Gasteiger partial charge is 0.315 e. The molecule has 2 fully saturated rings. The third-order valence-electron chi connectivity index (χ3n) is 8.06. The second-order valence-electron chi connectivity index (χ2n) is 10.8. The first kappa shape index (κ1) is 26.5. The van der Waals surface area contributed by atoms with Crippen molar-refractivity contribution in [3.8, 4) is 0 Å². The number of carbonyl (C=O) groups excluding carboxylic acids is 2. The van der Waals surface area contributed by atoms with Gasteiger partial charge in [-0.2, -0.15) is 4.31 Å². The maximum atomic E-state index is 13.1. The Bertz CT molecular complexity index is 1180. The molecule has 8 nitrogen and oxygen atoms in total. The van der Waals surface area contributed by atoms with E-state index < -0.39 is 15.6 Å².